The van der Waals surface area contributed by atoms with Crippen molar-refractivity contribution in [3.05, 3.63) is 75.1 Å². The van der Waals surface area contributed by atoms with Crippen LogP contribution in [0.15, 0.2) is 42.5 Å². The number of nitrogen functional groups attached to an aromatic ring is 1. The number of benzene rings is 2. The van der Waals surface area contributed by atoms with Crippen molar-refractivity contribution in [1.82, 2.24) is 20.0 Å². The molecular weight excluding hydrogens is 589 g/mol. The molecule has 42 heavy (non-hydrogen) atoms. The van der Waals surface area contributed by atoms with Gasteiger partial charge in [0.25, 0.3) is 11.8 Å². The van der Waals surface area contributed by atoms with Crippen LogP contribution in [0.2, 0.25) is 10.0 Å². The normalized spacial score (nSPS) is 14.0. The molecule has 1 fully saturated rings. The first-order chi connectivity index (χ1) is 20.2. The average molecular weight is 615 g/mol. The molecule has 0 radical (unpaired) electrons. The fourth-order valence-corrected chi connectivity index (χ4v) is 4.73. The Hall–Kier alpha value is -4.09. The summed E-state index contributed by atoms with van der Waals surface area (Å²) in [5.41, 5.74) is 6.71. The van der Waals surface area contributed by atoms with E-state index in [4.69, 9.17) is 43.4 Å². The molecule has 11 nitrogen and oxygen atoms in total. The van der Waals surface area contributed by atoms with E-state index in [0.717, 1.165) is 6.07 Å². The molecule has 2 aromatic carbocycles. The van der Waals surface area contributed by atoms with Crippen LogP contribution in [0.4, 0.5) is 15.9 Å². The van der Waals surface area contributed by atoms with Gasteiger partial charge in [-0.1, -0.05) is 23.2 Å². The summed E-state index contributed by atoms with van der Waals surface area (Å²) in [6, 6.07) is 10.1. The van der Waals surface area contributed by atoms with E-state index >= 15 is 0 Å². The van der Waals surface area contributed by atoms with Gasteiger partial charge in [-0.2, -0.15) is 0 Å². The summed E-state index contributed by atoms with van der Waals surface area (Å²) >= 11 is 12.4. The Morgan fingerprint density at radius 1 is 1.14 bits per heavy atom. The van der Waals surface area contributed by atoms with Crippen LogP contribution in [0.25, 0.3) is 0 Å². The predicted molar refractivity (Wildman–Crippen MR) is 157 cm³/mol. The molecule has 1 saturated heterocycles. The molecule has 1 aromatic heterocycles. The molecule has 1 aliphatic rings. The van der Waals surface area contributed by atoms with Crippen molar-refractivity contribution in [2.45, 2.75) is 6.10 Å². The molecule has 1 aliphatic heterocycles. The topological polar surface area (TPSA) is 143 Å². The number of halogens is 3. The predicted octanol–water partition coefficient (Wildman–Crippen LogP) is 2.15. The van der Waals surface area contributed by atoms with Gasteiger partial charge in [0, 0.05) is 55.6 Å². The SMILES string of the molecule is BOC#CC(Oc1cc(C(=O)Nc2ccc(C(=O)N3CCN(CCO)CC3)cc2)nnc1N)c1c(Cl)ccc(F)c1Cl. The van der Waals surface area contributed by atoms with Crippen molar-refractivity contribution in [1.29, 1.82) is 0 Å². The summed E-state index contributed by atoms with van der Waals surface area (Å²) in [6.07, 6.45) is 1.13. The van der Waals surface area contributed by atoms with Crippen molar-refractivity contribution in [3.8, 4) is 17.8 Å². The van der Waals surface area contributed by atoms with Crippen LogP contribution in [0.1, 0.15) is 32.5 Å². The van der Waals surface area contributed by atoms with E-state index in [1.165, 1.54) is 20.2 Å². The van der Waals surface area contributed by atoms with Gasteiger partial charge in [-0.15, -0.1) is 10.2 Å². The van der Waals surface area contributed by atoms with E-state index in [-0.39, 0.29) is 45.4 Å². The minimum Gasteiger partial charge on any atom is -0.525 e. The average Bonchev–Trinajstić information content (AvgIpc) is 2.99. The molecule has 0 aliphatic carbocycles. The summed E-state index contributed by atoms with van der Waals surface area (Å²) in [7, 11) is 1.33. The van der Waals surface area contributed by atoms with Crippen LogP contribution in [0, 0.1) is 17.8 Å². The number of nitrogens with two attached hydrogens (primary N) is 1. The Labute approximate surface area is 252 Å². The number of hydrogen-bond acceptors (Lipinski definition) is 9. The third kappa shape index (κ3) is 7.40. The van der Waals surface area contributed by atoms with Gasteiger partial charge in [-0.25, -0.2) is 4.39 Å². The number of rotatable bonds is 8. The largest absolute Gasteiger partial charge is 0.525 e. The second-order valence-electron chi connectivity index (χ2n) is 9.07. The van der Waals surface area contributed by atoms with Crippen LogP contribution in [0.5, 0.6) is 5.75 Å². The number of nitrogens with one attached hydrogen (secondary N) is 1. The number of hydrogen-bond donors (Lipinski definition) is 3. The van der Waals surface area contributed by atoms with E-state index in [1.54, 1.807) is 29.2 Å². The minimum absolute atomic E-state index is 0.0340. The first-order valence-electron chi connectivity index (χ1n) is 12.7. The van der Waals surface area contributed by atoms with Crippen molar-refractivity contribution >= 4 is 54.6 Å². The summed E-state index contributed by atoms with van der Waals surface area (Å²) in [5, 5.41) is 19.2. The highest BCUT2D eigenvalue weighted by molar-refractivity contribution is 6.36. The van der Waals surface area contributed by atoms with Gasteiger partial charge in [0.05, 0.1) is 22.8 Å². The highest BCUT2D eigenvalue weighted by atomic mass is 35.5. The zero-order chi connectivity index (χ0) is 30.2. The lowest BCUT2D eigenvalue weighted by atomic mass is 10.1. The van der Waals surface area contributed by atoms with E-state index in [2.05, 4.69) is 32.4 Å². The molecule has 218 valence electrons. The zero-order valence-corrected chi connectivity index (χ0v) is 24.0. The number of ether oxygens (including phenoxy) is 1. The molecule has 3 aromatic rings. The monoisotopic (exact) mass is 614 g/mol. The maximum atomic E-state index is 14.2. The van der Waals surface area contributed by atoms with Crippen LogP contribution in [0.3, 0.4) is 0 Å². The molecule has 0 spiro atoms. The number of aliphatic hydroxyl groups excluding tert-OH is 1. The highest BCUT2D eigenvalue weighted by Crippen LogP contribution is 2.36. The van der Waals surface area contributed by atoms with E-state index < -0.39 is 17.8 Å². The summed E-state index contributed by atoms with van der Waals surface area (Å²) < 4.78 is 24.8. The quantitative estimate of drug-likeness (QED) is 0.197. The zero-order valence-electron chi connectivity index (χ0n) is 22.4. The third-order valence-corrected chi connectivity index (χ3v) is 7.08. The van der Waals surface area contributed by atoms with Gasteiger partial charge in [0.1, 0.15) is 5.82 Å². The number of piperazine rings is 1. The van der Waals surface area contributed by atoms with Crippen molar-refractivity contribution in [2.24, 2.45) is 0 Å². The number of carbonyl (C=O) groups excluding carboxylic acids is 2. The van der Waals surface area contributed by atoms with Crippen LogP contribution >= 0.6 is 23.2 Å². The molecule has 0 bridgehead atoms. The molecule has 4 rings (SSSR count). The summed E-state index contributed by atoms with van der Waals surface area (Å²) in [6.45, 7) is 3.17. The lowest BCUT2D eigenvalue weighted by Crippen LogP contribution is -2.49. The number of aromatic nitrogens is 2. The highest BCUT2D eigenvalue weighted by Gasteiger charge is 2.24. The molecule has 15 heteroatoms. The smallest absolute Gasteiger partial charge is 0.337 e. The lowest BCUT2D eigenvalue weighted by molar-refractivity contribution is 0.0615. The van der Waals surface area contributed by atoms with Gasteiger partial charge < -0.3 is 30.4 Å². The molecule has 1 unspecified atom stereocenters. The first-order valence-corrected chi connectivity index (χ1v) is 13.5. The Morgan fingerprint density at radius 2 is 1.86 bits per heavy atom. The first kappa shape index (κ1) is 30.9. The van der Waals surface area contributed by atoms with Crippen molar-refractivity contribution in [3.63, 3.8) is 0 Å². The molecule has 4 N–H and O–H groups in total. The maximum absolute atomic E-state index is 14.2. The van der Waals surface area contributed by atoms with Crippen molar-refractivity contribution < 1.29 is 28.5 Å². The molecular formula is C27H26BCl2FN6O5. The van der Waals surface area contributed by atoms with E-state index in [1.807, 2.05) is 0 Å². The Bertz CT molecular complexity index is 1510. The van der Waals surface area contributed by atoms with Crippen molar-refractivity contribution in [2.75, 3.05) is 50.4 Å². The molecule has 0 saturated carbocycles. The molecule has 2 amide bonds. The number of amides is 2. The van der Waals surface area contributed by atoms with Crippen LogP contribution < -0.4 is 15.8 Å². The van der Waals surface area contributed by atoms with Crippen LogP contribution in [-0.2, 0) is 4.65 Å². The minimum atomic E-state index is -1.23. The standard InChI is InChI=1S/C27H26BCl2FN6O5/c28-41-14-7-21(23-18(29)5-6-19(31)24(23)30)42-22-15-20(34-35-25(22)32)26(39)33-17-3-1-16(2-4-17)27(40)37-10-8-36(9-11-37)12-13-38/h1-6,15,21,38H,8-13,28H2,(H2,32,35)(H,33,39). The van der Waals surface area contributed by atoms with E-state index in [9.17, 15) is 14.0 Å². The van der Waals surface area contributed by atoms with Gasteiger partial charge in [-0.05, 0) is 42.3 Å². The second kappa shape index (κ2) is 14.2. The fraction of sp³-hybridized carbons (Fsp3) is 0.259. The Kier molecular flexibility index (Phi) is 10.4. The third-order valence-electron chi connectivity index (χ3n) is 6.36. The summed E-state index contributed by atoms with van der Waals surface area (Å²) in [5.74, 6) is 0.891. The lowest BCUT2D eigenvalue weighted by Gasteiger charge is -2.34. The van der Waals surface area contributed by atoms with Gasteiger partial charge in [0.2, 0.25) is 0 Å². The number of anilines is 2. The molecule has 1 atom stereocenters. The number of carbonyl (C=O) groups is 2. The maximum Gasteiger partial charge on any atom is 0.337 e. The summed E-state index contributed by atoms with van der Waals surface area (Å²) in [4.78, 5) is 29.7. The second-order valence-corrected chi connectivity index (χ2v) is 9.86. The van der Waals surface area contributed by atoms with Gasteiger partial charge in [0.15, 0.2) is 23.4 Å². The Balaban J connectivity index is 1.46. The fourth-order valence-electron chi connectivity index (χ4n) is 4.16. The number of β-amino-alcohol motifs (C(OH)–C–C–N with tert-alkyl or cyclic N) is 1. The van der Waals surface area contributed by atoms with Crippen LogP contribution in [-0.4, -0.2) is 84.3 Å². The number of nitrogens with zero attached hydrogens (tertiary/aromatic N) is 4. The van der Waals surface area contributed by atoms with E-state index in [0.29, 0.717) is 44.0 Å². The number of aliphatic hydroxyl groups is 1. The molecule has 2 heterocycles. The Morgan fingerprint density at radius 3 is 2.52 bits per heavy atom. The van der Waals surface area contributed by atoms with Gasteiger partial charge >= 0.3 is 8.05 Å². The van der Waals surface area contributed by atoms with Gasteiger partial charge in [-0.3, -0.25) is 14.5 Å².